The molecule has 0 saturated heterocycles. The molecule has 51 heavy (non-hydrogen) atoms. The highest BCUT2D eigenvalue weighted by molar-refractivity contribution is 6.32. The number of rotatable bonds is 18. The number of hydrogen-bond acceptors (Lipinski definition) is 9. The van der Waals surface area contributed by atoms with Crippen molar-refractivity contribution < 1.29 is 42.9 Å². The molecule has 0 aliphatic carbocycles. The quantitative estimate of drug-likeness (QED) is 0.0564. The van der Waals surface area contributed by atoms with Crippen molar-refractivity contribution in [3.05, 3.63) is 113 Å². The molecule has 268 valence electrons. The van der Waals surface area contributed by atoms with Crippen LogP contribution < -0.4 is 14.2 Å². The fraction of sp³-hybridized carbons (Fsp3) is 0.317. The Morgan fingerprint density at radius 3 is 1.63 bits per heavy atom. The summed E-state index contributed by atoms with van der Waals surface area (Å²) in [6, 6.07) is 24.3. The van der Waals surface area contributed by atoms with Gasteiger partial charge >= 0.3 is 23.9 Å². The Balaban J connectivity index is 1.25. The van der Waals surface area contributed by atoms with Gasteiger partial charge in [-0.25, -0.2) is 19.2 Å². The predicted octanol–water partition coefficient (Wildman–Crippen LogP) is 9.68. The lowest BCUT2D eigenvalue weighted by Gasteiger charge is -2.13. The largest absolute Gasteiger partial charge is 0.492 e. The van der Waals surface area contributed by atoms with E-state index in [0.717, 1.165) is 43.2 Å². The highest BCUT2D eigenvalue weighted by Gasteiger charge is 2.21. The molecule has 0 spiro atoms. The van der Waals surface area contributed by atoms with Crippen molar-refractivity contribution in [2.75, 3.05) is 13.2 Å². The van der Waals surface area contributed by atoms with Crippen LogP contribution >= 0.6 is 11.6 Å². The Morgan fingerprint density at radius 2 is 1.08 bits per heavy atom. The smallest absolute Gasteiger partial charge is 0.347 e. The van der Waals surface area contributed by atoms with Gasteiger partial charge in [0.1, 0.15) is 17.2 Å². The first-order valence-corrected chi connectivity index (χ1v) is 17.6. The van der Waals surface area contributed by atoms with Gasteiger partial charge in [-0.15, -0.1) is 0 Å². The zero-order valence-electron chi connectivity index (χ0n) is 29.2. The maximum absolute atomic E-state index is 12.8. The van der Waals surface area contributed by atoms with E-state index in [2.05, 4.69) is 6.92 Å². The summed E-state index contributed by atoms with van der Waals surface area (Å²) in [6.07, 6.45) is 6.10. The maximum Gasteiger partial charge on any atom is 0.347 e. The zero-order chi connectivity index (χ0) is 36.6. The number of esters is 4. The van der Waals surface area contributed by atoms with Crippen LogP contribution in [0.5, 0.6) is 17.2 Å². The van der Waals surface area contributed by atoms with E-state index >= 15 is 0 Å². The van der Waals surface area contributed by atoms with Crippen molar-refractivity contribution in [3.8, 4) is 28.4 Å². The van der Waals surface area contributed by atoms with Crippen LogP contribution in [0.15, 0.2) is 91.0 Å². The van der Waals surface area contributed by atoms with E-state index in [4.69, 9.17) is 35.3 Å². The van der Waals surface area contributed by atoms with Crippen molar-refractivity contribution in [1.29, 1.82) is 0 Å². The van der Waals surface area contributed by atoms with E-state index in [0.29, 0.717) is 22.9 Å². The summed E-state index contributed by atoms with van der Waals surface area (Å²) in [4.78, 5) is 50.0. The normalized spacial score (nSPS) is 11.3. The first-order chi connectivity index (χ1) is 24.7. The lowest BCUT2D eigenvalue weighted by atomic mass is 10.0. The second-order valence-electron chi connectivity index (χ2n) is 11.9. The molecule has 1 atom stereocenters. The van der Waals surface area contributed by atoms with Gasteiger partial charge in [-0.1, -0.05) is 75.8 Å². The van der Waals surface area contributed by atoms with Gasteiger partial charge in [0.05, 0.1) is 34.9 Å². The Kier molecular flexibility index (Phi) is 15.1. The molecule has 0 fully saturated rings. The molecule has 4 aromatic carbocycles. The number of hydrogen-bond donors (Lipinski definition) is 0. The van der Waals surface area contributed by atoms with Crippen LogP contribution in [0, 0.1) is 0 Å². The van der Waals surface area contributed by atoms with Gasteiger partial charge < -0.3 is 23.7 Å². The average Bonchev–Trinajstić information content (AvgIpc) is 3.14. The van der Waals surface area contributed by atoms with Gasteiger partial charge in [0, 0.05) is 0 Å². The summed E-state index contributed by atoms with van der Waals surface area (Å²) in [5.74, 6) is -1.43. The molecule has 0 radical (unpaired) electrons. The van der Waals surface area contributed by atoms with E-state index in [1.165, 1.54) is 68.3 Å². The van der Waals surface area contributed by atoms with Gasteiger partial charge in [0.2, 0.25) is 0 Å². The van der Waals surface area contributed by atoms with E-state index in [1.54, 1.807) is 12.1 Å². The monoisotopic (exact) mass is 714 g/mol. The lowest BCUT2D eigenvalue weighted by Crippen LogP contribution is -2.26. The molecule has 0 N–H and O–H groups in total. The number of carbonyl (C=O) groups excluding carboxylic acids is 4. The zero-order valence-corrected chi connectivity index (χ0v) is 29.9. The van der Waals surface area contributed by atoms with Crippen molar-refractivity contribution in [1.82, 2.24) is 0 Å². The van der Waals surface area contributed by atoms with Crippen LogP contribution in [-0.4, -0.2) is 43.2 Å². The molecule has 0 amide bonds. The third-order valence-electron chi connectivity index (χ3n) is 7.85. The van der Waals surface area contributed by atoms with Crippen LogP contribution in [0.25, 0.3) is 11.1 Å². The lowest BCUT2D eigenvalue weighted by molar-refractivity contribution is -0.153. The van der Waals surface area contributed by atoms with Crippen LogP contribution in [0.1, 0.15) is 96.8 Å². The molecule has 0 aliphatic heterocycles. The first-order valence-electron chi connectivity index (χ1n) is 17.2. The molecule has 0 bridgehead atoms. The summed E-state index contributed by atoms with van der Waals surface area (Å²) < 4.78 is 27.1. The average molecular weight is 715 g/mol. The van der Waals surface area contributed by atoms with Crippen LogP contribution in [0.3, 0.4) is 0 Å². The van der Waals surface area contributed by atoms with E-state index < -0.39 is 30.0 Å². The number of carbonyl (C=O) groups is 4. The van der Waals surface area contributed by atoms with Gasteiger partial charge in [-0.3, -0.25) is 0 Å². The second-order valence-corrected chi connectivity index (χ2v) is 12.3. The summed E-state index contributed by atoms with van der Waals surface area (Å²) in [5, 5.41) is 0.526. The van der Waals surface area contributed by atoms with Crippen LogP contribution in [-0.2, 0) is 14.3 Å². The number of unbranched alkanes of at least 4 members (excludes halogenated alkanes) is 5. The van der Waals surface area contributed by atoms with E-state index in [-0.39, 0.29) is 29.2 Å². The van der Waals surface area contributed by atoms with Gasteiger partial charge in [0.25, 0.3) is 0 Å². The minimum absolute atomic E-state index is 0.179. The van der Waals surface area contributed by atoms with E-state index in [9.17, 15) is 19.2 Å². The maximum atomic E-state index is 12.8. The minimum Gasteiger partial charge on any atom is -0.492 e. The summed E-state index contributed by atoms with van der Waals surface area (Å²) >= 11 is 6.46. The number of benzene rings is 4. The molecule has 0 aliphatic rings. The molecule has 0 saturated carbocycles. The molecule has 10 heteroatoms. The highest BCUT2D eigenvalue weighted by Crippen LogP contribution is 2.31. The van der Waals surface area contributed by atoms with Crippen molar-refractivity contribution in [3.63, 3.8) is 0 Å². The molecule has 1 unspecified atom stereocenters. The summed E-state index contributed by atoms with van der Waals surface area (Å²) in [6.45, 7) is 6.57. The van der Waals surface area contributed by atoms with E-state index in [1.807, 2.05) is 37.3 Å². The molecule has 4 rings (SSSR count). The Labute approximate surface area is 303 Å². The third-order valence-corrected chi connectivity index (χ3v) is 8.15. The van der Waals surface area contributed by atoms with Crippen LogP contribution in [0.4, 0.5) is 0 Å². The standard InChI is InChI=1S/C41H43ClO9/c1-4-6-8-10-25-47-37-24-19-33(27-36(37)42)29-11-13-30(14-12-29)40(45)50-35-22-17-32(18-23-35)41(46)51-34-20-15-31(16-21-34)39(44)49-28(3)38(43)48-26-9-7-5-2/h11-24,27-28H,4-10,25-26H2,1-3H3. The Hall–Kier alpha value is -5.15. The molecule has 4 aromatic rings. The topological polar surface area (TPSA) is 114 Å². The molecule has 0 aromatic heterocycles. The fourth-order valence-corrected chi connectivity index (χ4v) is 5.11. The first kappa shape index (κ1) is 38.6. The predicted molar refractivity (Wildman–Crippen MR) is 195 cm³/mol. The third kappa shape index (κ3) is 12.0. The summed E-state index contributed by atoms with van der Waals surface area (Å²) in [5.41, 5.74) is 2.52. The molecular formula is C41H43ClO9. The van der Waals surface area contributed by atoms with Crippen molar-refractivity contribution >= 4 is 35.5 Å². The van der Waals surface area contributed by atoms with Gasteiger partial charge in [-0.05, 0) is 104 Å². The second kappa shape index (κ2) is 19.9. The van der Waals surface area contributed by atoms with Crippen molar-refractivity contribution in [2.45, 2.75) is 71.8 Å². The SMILES string of the molecule is CCCCCCOc1ccc(-c2ccc(C(=O)Oc3ccc(C(=O)Oc4ccc(C(=O)OC(C)C(=O)OCCCCC)cc4)cc3)cc2)cc1Cl. The Bertz CT molecular complexity index is 1750. The van der Waals surface area contributed by atoms with Crippen molar-refractivity contribution in [2.24, 2.45) is 0 Å². The highest BCUT2D eigenvalue weighted by atomic mass is 35.5. The fourth-order valence-electron chi connectivity index (χ4n) is 4.88. The van der Waals surface area contributed by atoms with Gasteiger partial charge in [-0.2, -0.15) is 0 Å². The number of ether oxygens (including phenoxy) is 5. The Morgan fingerprint density at radius 1 is 0.588 bits per heavy atom. The molecular weight excluding hydrogens is 672 g/mol. The molecule has 9 nitrogen and oxygen atoms in total. The number of halogens is 1. The van der Waals surface area contributed by atoms with Gasteiger partial charge in [0.15, 0.2) is 6.10 Å². The minimum atomic E-state index is -1.06. The summed E-state index contributed by atoms with van der Waals surface area (Å²) in [7, 11) is 0. The molecule has 0 heterocycles. The van der Waals surface area contributed by atoms with Crippen LogP contribution in [0.2, 0.25) is 5.02 Å².